The first-order valence-electron chi connectivity index (χ1n) is 9.82. The van der Waals surface area contributed by atoms with Crippen LogP contribution in [0.5, 0.6) is 11.5 Å². The Bertz CT molecular complexity index is 894. The number of rotatable bonds is 10. The van der Waals surface area contributed by atoms with Gasteiger partial charge in [0, 0.05) is 6.54 Å². The Kier molecular flexibility index (Phi) is 8.30. The lowest BCUT2D eigenvalue weighted by molar-refractivity contribution is -0.121. The van der Waals surface area contributed by atoms with Gasteiger partial charge in [-0.3, -0.25) is 9.69 Å². The van der Waals surface area contributed by atoms with Crippen molar-refractivity contribution in [2.75, 3.05) is 33.0 Å². The molecule has 0 unspecified atom stereocenters. The number of likely N-dealkylation sites (N-methyl/N-ethyl adjacent to an activating group) is 1. The molecule has 5 nitrogen and oxygen atoms in total. The second kappa shape index (κ2) is 11.2. The van der Waals surface area contributed by atoms with Crippen LogP contribution >= 0.6 is 24.0 Å². The lowest BCUT2D eigenvalue weighted by Crippen LogP contribution is -2.27. The second-order valence-electron chi connectivity index (χ2n) is 6.62. The van der Waals surface area contributed by atoms with E-state index in [0.29, 0.717) is 42.2 Å². The minimum atomic E-state index is -0.0312. The van der Waals surface area contributed by atoms with Crippen molar-refractivity contribution < 1.29 is 19.0 Å². The number of carbonyl (C=O) groups is 1. The van der Waals surface area contributed by atoms with Gasteiger partial charge in [0.05, 0.1) is 18.1 Å². The van der Waals surface area contributed by atoms with Gasteiger partial charge < -0.3 is 14.2 Å². The molecule has 1 amide bonds. The number of thioether (sulfide) groups is 1. The average Bonchev–Trinajstić information content (AvgIpc) is 3.02. The summed E-state index contributed by atoms with van der Waals surface area (Å²) in [6.45, 7) is 6.50. The predicted molar refractivity (Wildman–Crippen MR) is 125 cm³/mol. The molecular weight excluding hydrogens is 418 g/mol. The van der Waals surface area contributed by atoms with Crippen LogP contribution in [-0.2, 0) is 9.53 Å². The Morgan fingerprint density at radius 1 is 0.933 bits per heavy atom. The summed E-state index contributed by atoms with van der Waals surface area (Å²) in [5.41, 5.74) is 2.14. The number of carbonyl (C=O) groups excluding carboxylic acids is 1. The van der Waals surface area contributed by atoms with Gasteiger partial charge in [-0.25, -0.2) is 0 Å². The van der Waals surface area contributed by atoms with Crippen LogP contribution in [0.2, 0.25) is 0 Å². The zero-order chi connectivity index (χ0) is 21.3. The fraction of sp³-hybridized carbons (Fsp3) is 0.304. The summed E-state index contributed by atoms with van der Waals surface area (Å²) in [6.07, 6.45) is 1.86. The third-order valence-corrected chi connectivity index (χ3v) is 5.76. The molecule has 0 N–H and O–H groups in total. The summed E-state index contributed by atoms with van der Waals surface area (Å²) in [5.74, 6) is 1.57. The molecule has 0 radical (unpaired) electrons. The van der Waals surface area contributed by atoms with E-state index in [1.54, 1.807) is 4.90 Å². The third kappa shape index (κ3) is 6.32. The van der Waals surface area contributed by atoms with Crippen LogP contribution in [0.4, 0.5) is 0 Å². The highest BCUT2D eigenvalue weighted by Gasteiger charge is 2.30. The van der Waals surface area contributed by atoms with Gasteiger partial charge in [-0.2, -0.15) is 0 Å². The van der Waals surface area contributed by atoms with Crippen molar-refractivity contribution in [3.8, 4) is 11.5 Å². The molecule has 0 aromatic heterocycles. The first-order valence-corrected chi connectivity index (χ1v) is 11.0. The number of hydrogen-bond acceptors (Lipinski definition) is 6. The topological polar surface area (TPSA) is 48.0 Å². The first-order chi connectivity index (χ1) is 14.6. The quantitative estimate of drug-likeness (QED) is 0.302. The molecule has 0 saturated carbocycles. The number of nitrogens with zero attached hydrogens (tertiary/aromatic N) is 1. The standard InChI is InChI=1S/C23H25NO4S2/c1-3-24-22(25)21(30-23(24)29)16-18-6-10-20(11-7-18)28-15-13-26-12-14-27-19-8-4-17(2)5-9-19/h4-11,16H,3,12-15H2,1-2H3. The summed E-state index contributed by atoms with van der Waals surface area (Å²) < 4.78 is 17.5. The van der Waals surface area contributed by atoms with E-state index < -0.39 is 0 Å². The number of benzene rings is 2. The summed E-state index contributed by atoms with van der Waals surface area (Å²) in [5, 5.41) is 0. The highest BCUT2D eigenvalue weighted by atomic mass is 32.2. The lowest BCUT2D eigenvalue weighted by Gasteiger charge is -2.09. The van der Waals surface area contributed by atoms with Crippen LogP contribution in [0.25, 0.3) is 6.08 Å². The molecule has 3 rings (SSSR count). The van der Waals surface area contributed by atoms with E-state index in [4.69, 9.17) is 26.4 Å². The van der Waals surface area contributed by atoms with Crippen LogP contribution in [-0.4, -0.2) is 48.1 Å². The van der Waals surface area contributed by atoms with Crippen molar-refractivity contribution in [3.05, 3.63) is 64.6 Å². The molecule has 2 aromatic carbocycles. The average molecular weight is 444 g/mol. The van der Waals surface area contributed by atoms with E-state index in [1.807, 2.05) is 68.5 Å². The van der Waals surface area contributed by atoms with Crippen molar-refractivity contribution in [2.45, 2.75) is 13.8 Å². The van der Waals surface area contributed by atoms with Gasteiger partial charge in [0.2, 0.25) is 0 Å². The monoisotopic (exact) mass is 443 g/mol. The Labute approximate surface area is 187 Å². The van der Waals surface area contributed by atoms with Crippen molar-refractivity contribution >= 4 is 40.3 Å². The van der Waals surface area contributed by atoms with Gasteiger partial charge in [0.25, 0.3) is 5.91 Å². The van der Waals surface area contributed by atoms with Crippen LogP contribution in [0.15, 0.2) is 53.4 Å². The van der Waals surface area contributed by atoms with E-state index in [9.17, 15) is 4.79 Å². The number of amides is 1. The third-order valence-electron chi connectivity index (χ3n) is 4.38. The van der Waals surface area contributed by atoms with Crippen molar-refractivity contribution in [2.24, 2.45) is 0 Å². The van der Waals surface area contributed by atoms with Gasteiger partial charge in [0.1, 0.15) is 29.0 Å². The van der Waals surface area contributed by atoms with E-state index in [0.717, 1.165) is 17.1 Å². The molecule has 1 saturated heterocycles. The van der Waals surface area contributed by atoms with Crippen LogP contribution in [0.3, 0.4) is 0 Å². The fourth-order valence-electron chi connectivity index (χ4n) is 2.76. The molecule has 1 aliphatic rings. The summed E-state index contributed by atoms with van der Waals surface area (Å²) in [7, 11) is 0. The molecule has 30 heavy (non-hydrogen) atoms. The molecule has 158 valence electrons. The summed E-state index contributed by atoms with van der Waals surface area (Å²) in [4.78, 5) is 14.5. The minimum absolute atomic E-state index is 0.0312. The maximum atomic E-state index is 12.3. The molecular formula is C23H25NO4S2. The van der Waals surface area contributed by atoms with E-state index in [1.165, 1.54) is 17.3 Å². The fourth-order valence-corrected chi connectivity index (χ4v) is 4.14. The zero-order valence-electron chi connectivity index (χ0n) is 17.1. The van der Waals surface area contributed by atoms with Gasteiger partial charge in [-0.1, -0.05) is 53.8 Å². The van der Waals surface area contributed by atoms with E-state index >= 15 is 0 Å². The van der Waals surface area contributed by atoms with Crippen molar-refractivity contribution in [1.29, 1.82) is 0 Å². The number of ether oxygens (including phenoxy) is 3. The van der Waals surface area contributed by atoms with Crippen LogP contribution in [0, 0.1) is 6.92 Å². The Hall–Kier alpha value is -2.35. The summed E-state index contributed by atoms with van der Waals surface area (Å²) in [6, 6.07) is 15.5. The molecule has 0 aliphatic carbocycles. The van der Waals surface area contributed by atoms with Gasteiger partial charge >= 0.3 is 0 Å². The van der Waals surface area contributed by atoms with Crippen molar-refractivity contribution in [3.63, 3.8) is 0 Å². The second-order valence-corrected chi connectivity index (χ2v) is 8.29. The molecule has 0 bridgehead atoms. The number of aryl methyl sites for hydroxylation is 1. The zero-order valence-corrected chi connectivity index (χ0v) is 18.8. The van der Waals surface area contributed by atoms with E-state index in [-0.39, 0.29) is 5.91 Å². The lowest BCUT2D eigenvalue weighted by atomic mass is 10.2. The van der Waals surface area contributed by atoms with Crippen LogP contribution < -0.4 is 9.47 Å². The highest BCUT2D eigenvalue weighted by molar-refractivity contribution is 8.26. The summed E-state index contributed by atoms with van der Waals surface area (Å²) >= 11 is 6.57. The van der Waals surface area contributed by atoms with Crippen LogP contribution in [0.1, 0.15) is 18.1 Å². The molecule has 1 heterocycles. The highest BCUT2D eigenvalue weighted by Crippen LogP contribution is 2.32. The first kappa shape index (κ1) is 22.3. The Morgan fingerprint density at radius 2 is 1.50 bits per heavy atom. The maximum absolute atomic E-state index is 12.3. The van der Waals surface area contributed by atoms with E-state index in [2.05, 4.69) is 0 Å². The molecule has 1 fully saturated rings. The largest absolute Gasteiger partial charge is 0.491 e. The minimum Gasteiger partial charge on any atom is -0.491 e. The maximum Gasteiger partial charge on any atom is 0.266 e. The van der Waals surface area contributed by atoms with Crippen molar-refractivity contribution in [1.82, 2.24) is 4.90 Å². The number of hydrogen-bond donors (Lipinski definition) is 0. The Morgan fingerprint density at radius 3 is 2.03 bits per heavy atom. The number of thiocarbonyl (C=S) groups is 1. The molecule has 0 atom stereocenters. The molecule has 7 heteroatoms. The molecule has 1 aliphatic heterocycles. The normalized spacial score (nSPS) is 15.1. The Balaban J connectivity index is 1.35. The van der Waals surface area contributed by atoms with Gasteiger partial charge in [-0.15, -0.1) is 0 Å². The van der Waals surface area contributed by atoms with Gasteiger partial charge in [-0.05, 0) is 49.8 Å². The molecule has 2 aromatic rings. The SMILES string of the molecule is CCN1C(=O)C(=Cc2ccc(OCCOCCOc3ccc(C)cc3)cc2)SC1=S. The van der Waals surface area contributed by atoms with Gasteiger partial charge in [0.15, 0.2) is 0 Å². The molecule has 0 spiro atoms. The smallest absolute Gasteiger partial charge is 0.266 e. The predicted octanol–water partition coefficient (Wildman–Crippen LogP) is 4.69.